The Morgan fingerprint density at radius 1 is 0.953 bits per heavy atom. The summed E-state index contributed by atoms with van der Waals surface area (Å²) < 4.78 is 12.6. The molecule has 6 rings (SSSR count). The van der Waals surface area contributed by atoms with Gasteiger partial charge >= 0.3 is 0 Å². The SMILES string of the molecule is CCOc1ccc(N2CC=C[C@]3(CC)O[C@]45C=CCN(c6ccccc6Cl)C(=O)C4N([C@H](C)CO)C(=O)[C@@H]5[C@@H]3C2=O)cc1. The van der Waals surface area contributed by atoms with Crippen LogP contribution in [0.15, 0.2) is 72.8 Å². The van der Waals surface area contributed by atoms with Gasteiger partial charge in [-0.15, -0.1) is 0 Å². The number of aliphatic hydroxyl groups excluding tert-OH is 1. The topological polar surface area (TPSA) is 99.6 Å². The van der Waals surface area contributed by atoms with Crippen LogP contribution in [0.2, 0.25) is 5.02 Å². The number of carbonyl (C=O) groups excluding carboxylic acids is 3. The van der Waals surface area contributed by atoms with Crippen molar-refractivity contribution in [1.82, 2.24) is 4.90 Å². The molecule has 0 bridgehead atoms. The van der Waals surface area contributed by atoms with Crippen molar-refractivity contribution < 1.29 is 29.0 Å². The van der Waals surface area contributed by atoms with Crippen molar-refractivity contribution in [3.63, 3.8) is 0 Å². The minimum Gasteiger partial charge on any atom is -0.494 e. The number of rotatable bonds is 7. The van der Waals surface area contributed by atoms with Gasteiger partial charge in [-0.05, 0) is 56.7 Å². The fraction of sp³-hybridized carbons (Fsp3) is 0.424. The smallest absolute Gasteiger partial charge is 0.253 e. The van der Waals surface area contributed by atoms with Gasteiger partial charge in [0.25, 0.3) is 5.91 Å². The van der Waals surface area contributed by atoms with E-state index in [-0.39, 0.29) is 30.9 Å². The Bertz CT molecular complexity index is 1490. The van der Waals surface area contributed by atoms with E-state index in [4.69, 9.17) is 21.1 Å². The summed E-state index contributed by atoms with van der Waals surface area (Å²) in [6.07, 6.45) is 7.84. The van der Waals surface area contributed by atoms with E-state index in [1.54, 1.807) is 47.1 Å². The summed E-state index contributed by atoms with van der Waals surface area (Å²) in [6.45, 7) is 6.21. The monoisotopic (exact) mass is 605 g/mol. The number of aliphatic hydroxyl groups is 1. The highest BCUT2D eigenvalue weighted by Gasteiger charge is 2.75. The molecule has 10 heteroatoms. The molecule has 43 heavy (non-hydrogen) atoms. The lowest BCUT2D eigenvalue weighted by Gasteiger charge is -2.40. The predicted octanol–water partition coefficient (Wildman–Crippen LogP) is 3.99. The molecule has 1 spiro atoms. The van der Waals surface area contributed by atoms with Crippen LogP contribution in [0.5, 0.6) is 5.75 Å². The molecule has 1 N–H and O–H groups in total. The molecule has 4 heterocycles. The molecule has 0 radical (unpaired) electrons. The highest BCUT2D eigenvalue weighted by molar-refractivity contribution is 6.34. The third-order valence-corrected chi connectivity index (χ3v) is 9.54. The van der Waals surface area contributed by atoms with E-state index in [9.17, 15) is 19.5 Å². The predicted molar refractivity (Wildman–Crippen MR) is 163 cm³/mol. The lowest BCUT2D eigenvalue weighted by atomic mass is 9.73. The molecule has 2 aromatic rings. The first-order valence-electron chi connectivity index (χ1n) is 14.8. The van der Waals surface area contributed by atoms with Crippen molar-refractivity contribution in [2.75, 3.05) is 36.1 Å². The molecule has 3 amide bonds. The zero-order valence-electron chi connectivity index (χ0n) is 24.5. The number of fused-ring (bicyclic) bond motifs is 2. The van der Waals surface area contributed by atoms with Gasteiger partial charge in [0.05, 0.1) is 47.4 Å². The van der Waals surface area contributed by atoms with Crippen molar-refractivity contribution in [1.29, 1.82) is 0 Å². The van der Waals surface area contributed by atoms with Crippen LogP contribution < -0.4 is 14.5 Å². The number of para-hydroxylation sites is 1. The van der Waals surface area contributed by atoms with Gasteiger partial charge in [0.15, 0.2) is 0 Å². The highest BCUT2D eigenvalue weighted by Crippen LogP contribution is 2.59. The summed E-state index contributed by atoms with van der Waals surface area (Å²) in [5, 5.41) is 10.6. The zero-order valence-corrected chi connectivity index (χ0v) is 25.2. The van der Waals surface area contributed by atoms with E-state index in [0.29, 0.717) is 41.7 Å². The fourth-order valence-corrected chi connectivity index (χ4v) is 7.51. The molecule has 0 saturated carbocycles. The van der Waals surface area contributed by atoms with Gasteiger partial charge in [-0.25, -0.2) is 0 Å². The van der Waals surface area contributed by atoms with Gasteiger partial charge in [0.2, 0.25) is 11.8 Å². The standard InChI is InChI=1S/C33H36ClN3O6/c1-4-32-16-8-18-35(22-12-14-23(15-13-22)42-5-2)29(39)26(32)27-30(40)37(21(3)20-38)28-31(41)36(19-9-17-33(27,28)43-32)25-11-7-6-10-24(25)34/h6-17,21,26-28,38H,4-5,18-20H2,1-3H3/t21-,26-,27+,28?,32+,33+/m1/s1. The van der Waals surface area contributed by atoms with Crippen LogP contribution in [0.25, 0.3) is 0 Å². The van der Waals surface area contributed by atoms with E-state index >= 15 is 0 Å². The quantitative estimate of drug-likeness (QED) is 0.479. The molecule has 2 saturated heterocycles. The first kappa shape index (κ1) is 29.4. The Labute approximate surface area is 256 Å². The number of halogens is 1. The first-order valence-corrected chi connectivity index (χ1v) is 15.2. The van der Waals surface area contributed by atoms with Crippen LogP contribution in [-0.4, -0.2) is 77.3 Å². The summed E-state index contributed by atoms with van der Waals surface area (Å²) in [5.41, 5.74) is -1.37. The molecule has 226 valence electrons. The molecule has 1 unspecified atom stereocenters. The first-order chi connectivity index (χ1) is 20.7. The van der Waals surface area contributed by atoms with E-state index in [1.807, 2.05) is 56.3 Å². The van der Waals surface area contributed by atoms with Crippen LogP contribution in [-0.2, 0) is 19.1 Å². The third-order valence-electron chi connectivity index (χ3n) is 9.22. The van der Waals surface area contributed by atoms with E-state index in [0.717, 1.165) is 0 Å². The number of likely N-dealkylation sites (tertiary alicyclic amines) is 1. The van der Waals surface area contributed by atoms with Crippen LogP contribution in [0, 0.1) is 11.8 Å². The van der Waals surface area contributed by atoms with Crippen LogP contribution in [0.4, 0.5) is 11.4 Å². The number of hydrogen-bond donors (Lipinski definition) is 1. The minimum atomic E-state index is -1.43. The van der Waals surface area contributed by atoms with Gasteiger partial charge in [-0.2, -0.15) is 0 Å². The molecule has 0 aromatic heterocycles. The number of amides is 3. The molecule has 0 aliphatic carbocycles. The number of carbonyl (C=O) groups is 3. The highest BCUT2D eigenvalue weighted by atomic mass is 35.5. The molecule has 6 atom stereocenters. The number of anilines is 2. The lowest BCUT2D eigenvalue weighted by Crippen LogP contribution is -2.58. The van der Waals surface area contributed by atoms with Crippen LogP contribution in [0.3, 0.4) is 0 Å². The second-order valence-electron chi connectivity index (χ2n) is 11.5. The summed E-state index contributed by atoms with van der Waals surface area (Å²) in [6, 6.07) is 12.5. The minimum absolute atomic E-state index is 0.207. The van der Waals surface area contributed by atoms with Crippen LogP contribution in [0.1, 0.15) is 27.2 Å². The van der Waals surface area contributed by atoms with Gasteiger partial charge in [0.1, 0.15) is 17.4 Å². The summed E-state index contributed by atoms with van der Waals surface area (Å²) in [7, 11) is 0. The zero-order chi connectivity index (χ0) is 30.5. The number of ether oxygens (including phenoxy) is 2. The van der Waals surface area contributed by atoms with Crippen molar-refractivity contribution in [2.24, 2.45) is 11.8 Å². The molecule has 2 aromatic carbocycles. The Hall–Kier alpha value is -3.66. The van der Waals surface area contributed by atoms with Gasteiger partial charge < -0.3 is 29.3 Å². The normalized spacial score (nSPS) is 30.6. The maximum absolute atomic E-state index is 14.6. The third kappa shape index (κ3) is 4.39. The Morgan fingerprint density at radius 3 is 2.33 bits per heavy atom. The molecular weight excluding hydrogens is 570 g/mol. The molecule has 9 nitrogen and oxygen atoms in total. The lowest BCUT2D eigenvalue weighted by molar-refractivity contribution is -0.148. The fourth-order valence-electron chi connectivity index (χ4n) is 7.27. The number of nitrogens with zero attached hydrogens (tertiary/aromatic N) is 3. The Morgan fingerprint density at radius 2 is 1.65 bits per heavy atom. The second kappa shape index (κ2) is 11.1. The maximum Gasteiger partial charge on any atom is 0.253 e. The Balaban J connectivity index is 1.47. The van der Waals surface area contributed by atoms with Gasteiger partial charge in [-0.3, -0.25) is 14.4 Å². The van der Waals surface area contributed by atoms with Gasteiger partial charge in [-0.1, -0.05) is 55.0 Å². The number of benzene rings is 2. The second-order valence-corrected chi connectivity index (χ2v) is 11.9. The molecule has 4 aliphatic rings. The average molecular weight is 606 g/mol. The van der Waals surface area contributed by atoms with E-state index in [1.165, 1.54) is 4.90 Å². The van der Waals surface area contributed by atoms with E-state index < -0.39 is 35.1 Å². The van der Waals surface area contributed by atoms with Gasteiger partial charge in [0, 0.05) is 18.8 Å². The van der Waals surface area contributed by atoms with Crippen molar-refractivity contribution in [3.05, 3.63) is 77.9 Å². The molecule has 4 aliphatic heterocycles. The average Bonchev–Trinajstić information content (AvgIpc) is 3.31. The molecular formula is C33H36ClN3O6. The summed E-state index contributed by atoms with van der Waals surface area (Å²) >= 11 is 6.53. The number of hydrogen-bond acceptors (Lipinski definition) is 6. The van der Waals surface area contributed by atoms with Crippen molar-refractivity contribution in [2.45, 2.75) is 50.5 Å². The van der Waals surface area contributed by atoms with Crippen LogP contribution >= 0.6 is 11.6 Å². The largest absolute Gasteiger partial charge is 0.494 e. The summed E-state index contributed by atoms with van der Waals surface area (Å²) in [4.78, 5) is 48.4. The summed E-state index contributed by atoms with van der Waals surface area (Å²) in [5.74, 6) is -2.21. The van der Waals surface area contributed by atoms with Crippen molar-refractivity contribution in [3.8, 4) is 5.75 Å². The van der Waals surface area contributed by atoms with E-state index in [2.05, 4.69) is 0 Å². The maximum atomic E-state index is 14.6. The van der Waals surface area contributed by atoms with Crippen molar-refractivity contribution >= 4 is 40.7 Å². The Kier molecular flexibility index (Phi) is 7.61. The molecule has 2 fully saturated rings.